The molecule has 1 aromatic carbocycles. The van der Waals surface area contributed by atoms with Crippen molar-refractivity contribution in [3.05, 3.63) is 41.5 Å². The molecule has 0 aliphatic carbocycles. The van der Waals surface area contributed by atoms with E-state index in [1.165, 1.54) is 6.92 Å². The third kappa shape index (κ3) is 3.18. The van der Waals surface area contributed by atoms with Gasteiger partial charge in [0.1, 0.15) is 0 Å². The van der Waals surface area contributed by atoms with Crippen LogP contribution < -0.4 is 15.5 Å². The number of carboxylic acids is 2. The van der Waals surface area contributed by atoms with Gasteiger partial charge < -0.3 is 25.1 Å². The number of carbonyl (C=O) groups is 3. The number of carbonyl (C=O) groups excluding carboxylic acids is 3. The fraction of sp³-hybridized carbons (Fsp3) is 0.0833. The highest BCUT2D eigenvalue weighted by Gasteiger charge is 2.07. The number of anilines is 1. The van der Waals surface area contributed by atoms with E-state index in [-0.39, 0.29) is 22.4 Å². The zero-order chi connectivity index (χ0) is 13.9. The van der Waals surface area contributed by atoms with E-state index in [1.54, 1.807) is 0 Å². The van der Waals surface area contributed by atoms with E-state index in [0.717, 1.165) is 18.2 Å². The van der Waals surface area contributed by atoms with E-state index in [2.05, 4.69) is 11.9 Å². The Balaban J connectivity index is 3.19. The third-order valence-electron chi connectivity index (χ3n) is 2.05. The summed E-state index contributed by atoms with van der Waals surface area (Å²) in [6.07, 6.45) is 0. The monoisotopic (exact) mass is 247 g/mol. The molecule has 18 heavy (non-hydrogen) atoms. The number of hydrogen-bond donors (Lipinski definition) is 1. The molecule has 0 heterocycles. The number of benzene rings is 1. The first-order chi connectivity index (χ1) is 8.31. The van der Waals surface area contributed by atoms with Crippen LogP contribution in [0.5, 0.6) is 0 Å². The molecule has 0 radical (unpaired) electrons. The minimum Gasteiger partial charge on any atom is -0.545 e. The topological polar surface area (TPSA) is 109 Å². The van der Waals surface area contributed by atoms with Crippen LogP contribution in [0.2, 0.25) is 0 Å². The van der Waals surface area contributed by atoms with Crippen LogP contribution in [-0.4, -0.2) is 17.8 Å². The highest BCUT2D eigenvalue weighted by atomic mass is 16.4. The van der Waals surface area contributed by atoms with Gasteiger partial charge in [0.15, 0.2) is 0 Å². The molecular formula is C12H9NO5-2. The maximum atomic E-state index is 11.3. The van der Waals surface area contributed by atoms with E-state index < -0.39 is 17.8 Å². The van der Waals surface area contributed by atoms with Gasteiger partial charge in [0.2, 0.25) is 0 Å². The summed E-state index contributed by atoms with van der Waals surface area (Å²) in [5.41, 5.74) is -0.518. The zero-order valence-electron chi connectivity index (χ0n) is 9.48. The number of rotatable bonds is 4. The summed E-state index contributed by atoms with van der Waals surface area (Å²) in [5.74, 6) is -3.65. The van der Waals surface area contributed by atoms with Crippen LogP contribution >= 0.6 is 0 Å². The molecule has 1 N–H and O–H groups in total. The minimum absolute atomic E-state index is 0.0175. The highest BCUT2D eigenvalue weighted by molar-refractivity contribution is 6.04. The molecule has 6 heteroatoms. The maximum absolute atomic E-state index is 11.3. The van der Waals surface area contributed by atoms with Crippen molar-refractivity contribution in [2.45, 2.75) is 6.92 Å². The molecule has 0 atom stereocenters. The van der Waals surface area contributed by atoms with E-state index in [4.69, 9.17) is 0 Å². The summed E-state index contributed by atoms with van der Waals surface area (Å²) in [6, 6.07) is 3.06. The molecule has 0 aliphatic rings. The molecule has 6 nitrogen and oxygen atoms in total. The van der Waals surface area contributed by atoms with E-state index in [1.807, 2.05) is 0 Å². The number of nitrogens with one attached hydrogen (secondary N) is 1. The van der Waals surface area contributed by atoms with Gasteiger partial charge in [-0.15, -0.1) is 0 Å². The second kappa shape index (κ2) is 5.13. The lowest BCUT2D eigenvalue weighted by molar-refractivity contribution is -0.255. The van der Waals surface area contributed by atoms with Crippen molar-refractivity contribution in [3.63, 3.8) is 0 Å². The van der Waals surface area contributed by atoms with Crippen LogP contribution in [0.4, 0.5) is 5.69 Å². The van der Waals surface area contributed by atoms with Gasteiger partial charge in [-0.3, -0.25) is 4.79 Å². The predicted octanol–water partition coefficient (Wildman–Crippen LogP) is -1.07. The van der Waals surface area contributed by atoms with Crippen molar-refractivity contribution in [1.82, 2.24) is 0 Å². The molecule has 1 amide bonds. The molecule has 0 bridgehead atoms. The summed E-state index contributed by atoms with van der Waals surface area (Å²) in [7, 11) is 0. The van der Waals surface area contributed by atoms with Gasteiger partial charge in [-0.25, -0.2) is 0 Å². The second-order valence-corrected chi connectivity index (χ2v) is 3.61. The van der Waals surface area contributed by atoms with Crippen LogP contribution in [-0.2, 0) is 4.79 Å². The molecule has 1 rings (SSSR count). The Bertz CT molecular complexity index is 515. The highest BCUT2D eigenvalue weighted by Crippen LogP contribution is 2.15. The zero-order valence-corrected chi connectivity index (χ0v) is 9.48. The van der Waals surface area contributed by atoms with E-state index in [0.29, 0.717) is 0 Å². The second-order valence-electron chi connectivity index (χ2n) is 3.61. The lowest BCUT2D eigenvalue weighted by Crippen LogP contribution is -2.26. The van der Waals surface area contributed by atoms with Crippen LogP contribution in [0.1, 0.15) is 27.6 Å². The average molecular weight is 247 g/mol. The molecule has 0 spiro atoms. The van der Waals surface area contributed by atoms with Crippen LogP contribution in [0.3, 0.4) is 0 Å². The van der Waals surface area contributed by atoms with Crippen molar-refractivity contribution in [1.29, 1.82) is 0 Å². The Kier molecular flexibility index (Phi) is 3.83. The lowest BCUT2D eigenvalue weighted by atomic mass is 10.1. The van der Waals surface area contributed by atoms with Crippen molar-refractivity contribution in [2.24, 2.45) is 0 Å². The summed E-state index contributed by atoms with van der Waals surface area (Å²) >= 11 is 0. The standard InChI is InChI=1S/C12H11NO5/c1-6(2)10(14)13-9-4-7(11(15)16)3-8(5-9)12(17)18/h3-5H,1H2,2H3,(H,13,14)(H,15,16)(H,17,18)/p-2. The van der Waals surface area contributed by atoms with Crippen LogP contribution in [0.25, 0.3) is 0 Å². The molecule has 0 fully saturated rings. The van der Waals surface area contributed by atoms with Crippen LogP contribution in [0, 0.1) is 0 Å². The number of aromatic carboxylic acids is 2. The van der Waals surface area contributed by atoms with Gasteiger partial charge >= 0.3 is 0 Å². The van der Waals surface area contributed by atoms with Gasteiger partial charge in [-0.2, -0.15) is 0 Å². The molecule has 0 saturated heterocycles. The molecule has 94 valence electrons. The van der Waals surface area contributed by atoms with Gasteiger partial charge in [0.25, 0.3) is 5.91 Å². The summed E-state index contributed by atoms with van der Waals surface area (Å²) in [5, 5.41) is 23.7. The largest absolute Gasteiger partial charge is 0.545 e. The lowest BCUT2D eigenvalue weighted by Gasteiger charge is -2.12. The van der Waals surface area contributed by atoms with Crippen LogP contribution in [0.15, 0.2) is 30.4 Å². The number of amides is 1. The van der Waals surface area contributed by atoms with Crippen molar-refractivity contribution >= 4 is 23.5 Å². The first-order valence-electron chi connectivity index (χ1n) is 4.86. The van der Waals surface area contributed by atoms with Gasteiger partial charge in [0, 0.05) is 11.3 Å². The molecule has 0 saturated carbocycles. The fourth-order valence-corrected chi connectivity index (χ4v) is 1.17. The first kappa shape index (κ1) is 13.4. The minimum atomic E-state index is -1.55. The summed E-state index contributed by atoms with van der Waals surface area (Å²) in [6.45, 7) is 4.85. The first-order valence-corrected chi connectivity index (χ1v) is 4.86. The van der Waals surface area contributed by atoms with Crippen molar-refractivity contribution in [3.8, 4) is 0 Å². The Morgan fingerprint density at radius 2 is 1.50 bits per heavy atom. The number of hydrogen-bond acceptors (Lipinski definition) is 5. The van der Waals surface area contributed by atoms with E-state index in [9.17, 15) is 24.6 Å². The van der Waals surface area contributed by atoms with Crippen molar-refractivity contribution in [2.75, 3.05) is 5.32 Å². The fourth-order valence-electron chi connectivity index (χ4n) is 1.17. The van der Waals surface area contributed by atoms with Gasteiger partial charge in [0.05, 0.1) is 11.9 Å². The molecule has 0 aliphatic heterocycles. The molecule has 0 aromatic heterocycles. The Hall–Kier alpha value is -2.63. The summed E-state index contributed by atoms with van der Waals surface area (Å²) in [4.78, 5) is 32.7. The Morgan fingerprint density at radius 1 is 1.06 bits per heavy atom. The SMILES string of the molecule is C=C(C)C(=O)Nc1cc(C(=O)[O-])cc(C(=O)[O-])c1. The smallest absolute Gasteiger partial charge is 0.250 e. The normalized spacial score (nSPS) is 9.61. The quantitative estimate of drug-likeness (QED) is 0.681. The number of carboxylic acid groups (broad SMARTS) is 2. The van der Waals surface area contributed by atoms with Gasteiger partial charge in [-0.1, -0.05) is 6.58 Å². The average Bonchev–Trinajstić information content (AvgIpc) is 2.28. The van der Waals surface area contributed by atoms with Gasteiger partial charge in [-0.05, 0) is 36.2 Å². The summed E-state index contributed by atoms with van der Waals surface area (Å²) < 4.78 is 0. The van der Waals surface area contributed by atoms with E-state index >= 15 is 0 Å². The Morgan fingerprint density at radius 3 is 1.83 bits per heavy atom. The predicted molar refractivity (Wildman–Crippen MR) is 58.5 cm³/mol. The van der Waals surface area contributed by atoms with Crippen molar-refractivity contribution < 1.29 is 24.6 Å². The molecule has 1 aromatic rings. The molecular weight excluding hydrogens is 238 g/mol. The molecule has 0 unspecified atom stereocenters. The Labute approximate surface area is 103 Å². The maximum Gasteiger partial charge on any atom is 0.250 e. The third-order valence-corrected chi connectivity index (χ3v) is 2.05.